The summed E-state index contributed by atoms with van der Waals surface area (Å²) >= 11 is 0. The van der Waals surface area contributed by atoms with Crippen molar-refractivity contribution in [1.82, 2.24) is 10.0 Å². The number of furan rings is 1. The molecule has 5 nitrogen and oxygen atoms in total. The molecule has 6 heteroatoms. The van der Waals surface area contributed by atoms with Gasteiger partial charge in [-0.3, -0.25) is 0 Å². The highest BCUT2D eigenvalue weighted by atomic mass is 32.2. The first-order chi connectivity index (χ1) is 7.62. The molecule has 16 heavy (non-hydrogen) atoms. The fraction of sp³-hybridized carbons (Fsp3) is 0.600. The molecule has 2 unspecified atom stereocenters. The molecule has 2 rings (SSSR count). The maximum absolute atomic E-state index is 11.5. The van der Waals surface area contributed by atoms with Gasteiger partial charge in [0.2, 0.25) is 10.0 Å². The number of rotatable bonds is 4. The van der Waals surface area contributed by atoms with Crippen molar-refractivity contribution in [3.05, 3.63) is 24.2 Å². The third kappa shape index (κ3) is 2.45. The molecule has 1 aliphatic heterocycles. The Bertz CT molecular complexity index is 427. The molecule has 0 spiro atoms. The SMILES string of the molecule is CNS(=O)(=O)CC1CNCC1c1ccoc1. The highest BCUT2D eigenvalue weighted by Gasteiger charge is 2.32. The minimum Gasteiger partial charge on any atom is -0.472 e. The molecule has 0 amide bonds. The van der Waals surface area contributed by atoms with Gasteiger partial charge in [0.25, 0.3) is 0 Å². The molecule has 1 aliphatic rings. The monoisotopic (exact) mass is 244 g/mol. The van der Waals surface area contributed by atoms with E-state index in [1.54, 1.807) is 12.5 Å². The Morgan fingerprint density at radius 1 is 1.56 bits per heavy atom. The van der Waals surface area contributed by atoms with Crippen LogP contribution in [0.5, 0.6) is 0 Å². The summed E-state index contributed by atoms with van der Waals surface area (Å²) in [5.74, 6) is 0.490. The summed E-state index contributed by atoms with van der Waals surface area (Å²) in [5, 5.41) is 3.22. The van der Waals surface area contributed by atoms with Crippen molar-refractivity contribution < 1.29 is 12.8 Å². The first-order valence-corrected chi connectivity index (χ1v) is 6.91. The third-order valence-corrected chi connectivity index (χ3v) is 4.54. The van der Waals surface area contributed by atoms with E-state index < -0.39 is 10.0 Å². The van der Waals surface area contributed by atoms with Gasteiger partial charge in [-0.25, -0.2) is 13.1 Å². The van der Waals surface area contributed by atoms with Crippen LogP contribution >= 0.6 is 0 Å². The summed E-state index contributed by atoms with van der Waals surface area (Å²) in [5.41, 5.74) is 1.07. The van der Waals surface area contributed by atoms with Gasteiger partial charge in [0.05, 0.1) is 18.3 Å². The number of hydrogen-bond acceptors (Lipinski definition) is 4. The summed E-state index contributed by atoms with van der Waals surface area (Å²) in [4.78, 5) is 0. The molecule has 2 N–H and O–H groups in total. The van der Waals surface area contributed by atoms with E-state index in [0.717, 1.165) is 18.7 Å². The molecule has 2 heterocycles. The summed E-state index contributed by atoms with van der Waals surface area (Å²) < 4.78 is 30.4. The van der Waals surface area contributed by atoms with E-state index in [1.807, 2.05) is 6.07 Å². The van der Waals surface area contributed by atoms with Crippen LogP contribution in [0.2, 0.25) is 0 Å². The standard InChI is InChI=1S/C10H16N2O3S/c1-11-16(13,14)7-9-4-12-5-10(9)8-2-3-15-6-8/h2-3,6,9-12H,4-5,7H2,1H3. The van der Waals surface area contributed by atoms with Crippen LogP contribution in [0.4, 0.5) is 0 Å². The van der Waals surface area contributed by atoms with Crippen molar-refractivity contribution >= 4 is 10.0 Å². The molecular formula is C10H16N2O3S. The van der Waals surface area contributed by atoms with Gasteiger partial charge in [-0.2, -0.15) is 0 Å². The molecule has 0 bridgehead atoms. The Morgan fingerprint density at radius 3 is 3.00 bits per heavy atom. The molecule has 2 atom stereocenters. The van der Waals surface area contributed by atoms with E-state index >= 15 is 0 Å². The molecule has 1 aromatic rings. The lowest BCUT2D eigenvalue weighted by Gasteiger charge is -2.16. The fourth-order valence-electron chi connectivity index (χ4n) is 2.15. The molecule has 1 saturated heterocycles. The Kier molecular flexibility index (Phi) is 3.32. The van der Waals surface area contributed by atoms with Crippen molar-refractivity contribution in [3.8, 4) is 0 Å². The van der Waals surface area contributed by atoms with Crippen molar-refractivity contribution in [2.45, 2.75) is 5.92 Å². The van der Waals surface area contributed by atoms with Gasteiger partial charge >= 0.3 is 0 Å². The maximum atomic E-state index is 11.5. The van der Waals surface area contributed by atoms with Gasteiger partial charge in [-0.05, 0) is 31.1 Å². The van der Waals surface area contributed by atoms with Crippen LogP contribution < -0.4 is 10.0 Å². The lowest BCUT2D eigenvalue weighted by atomic mass is 9.92. The van der Waals surface area contributed by atoms with Crippen LogP contribution in [0.15, 0.2) is 23.0 Å². The van der Waals surface area contributed by atoms with E-state index in [1.165, 1.54) is 7.05 Å². The highest BCUT2D eigenvalue weighted by molar-refractivity contribution is 7.89. The Morgan fingerprint density at radius 2 is 2.38 bits per heavy atom. The van der Waals surface area contributed by atoms with E-state index in [-0.39, 0.29) is 17.6 Å². The van der Waals surface area contributed by atoms with Crippen molar-refractivity contribution in [2.24, 2.45) is 5.92 Å². The zero-order chi connectivity index (χ0) is 11.6. The van der Waals surface area contributed by atoms with Crippen LogP contribution in [0, 0.1) is 5.92 Å². The third-order valence-electron chi connectivity index (χ3n) is 3.06. The Balaban J connectivity index is 2.10. The first-order valence-electron chi connectivity index (χ1n) is 5.26. The van der Waals surface area contributed by atoms with Gasteiger partial charge in [0.1, 0.15) is 0 Å². The second-order valence-corrected chi connectivity index (χ2v) is 6.04. The topological polar surface area (TPSA) is 71.3 Å². The normalized spacial score (nSPS) is 26.1. The Hall–Kier alpha value is -0.850. The van der Waals surface area contributed by atoms with Crippen molar-refractivity contribution in [1.29, 1.82) is 0 Å². The summed E-state index contributed by atoms with van der Waals surface area (Å²) in [6.07, 6.45) is 3.31. The minimum absolute atomic E-state index is 0.107. The fourth-order valence-corrected chi connectivity index (χ4v) is 3.23. The molecule has 1 fully saturated rings. The highest BCUT2D eigenvalue weighted by Crippen LogP contribution is 2.29. The quantitative estimate of drug-likeness (QED) is 0.790. The average Bonchev–Trinajstić information content (AvgIpc) is 2.86. The lowest BCUT2D eigenvalue weighted by Crippen LogP contribution is -2.29. The molecule has 0 aromatic carbocycles. The van der Waals surface area contributed by atoms with Gasteiger partial charge in [0.15, 0.2) is 0 Å². The Labute approximate surface area is 95.3 Å². The molecule has 1 aromatic heterocycles. The van der Waals surface area contributed by atoms with Crippen LogP contribution in [0.3, 0.4) is 0 Å². The summed E-state index contributed by atoms with van der Waals surface area (Å²) in [6.45, 7) is 1.54. The molecule has 0 aliphatic carbocycles. The van der Waals surface area contributed by atoms with E-state index in [2.05, 4.69) is 10.0 Å². The molecule has 0 radical (unpaired) electrons. The zero-order valence-corrected chi connectivity index (χ0v) is 9.96. The largest absolute Gasteiger partial charge is 0.472 e. The van der Waals surface area contributed by atoms with Gasteiger partial charge in [-0.15, -0.1) is 0 Å². The van der Waals surface area contributed by atoms with Crippen LogP contribution in [0.25, 0.3) is 0 Å². The van der Waals surface area contributed by atoms with Gasteiger partial charge in [-0.1, -0.05) is 0 Å². The van der Waals surface area contributed by atoms with Crippen LogP contribution in [-0.2, 0) is 10.0 Å². The first kappa shape index (κ1) is 11.6. The molecule has 0 saturated carbocycles. The maximum Gasteiger partial charge on any atom is 0.211 e. The minimum atomic E-state index is -3.15. The van der Waals surface area contributed by atoms with Gasteiger partial charge < -0.3 is 9.73 Å². The number of hydrogen-bond donors (Lipinski definition) is 2. The number of nitrogens with one attached hydrogen (secondary N) is 2. The van der Waals surface area contributed by atoms with Crippen molar-refractivity contribution in [2.75, 3.05) is 25.9 Å². The summed E-state index contributed by atoms with van der Waals surface area (Å²) in [6, 6.07) is 1.90. The average molecular weight is 244 g/mol. The van der Waals surface area contributed by atoms with Crippen LogP contribution in [-0.4, -0.2) is 34.3 Å². The molecule has 90 valence electrons. The zero-order valence-electron chi connectivity index (χ0n) is 9.14. The predicted octanol–water partition coefficient (Wildman–Crippen LogP) is 0.132. The second-order valence-electron chi connectivity index (χ2n) is 4.07. The predicted molar refractivity (Wildman–Crippen MR) is 60.7 cm³/mol. The van der Waals surface area contributed by atoms with E-state index in [9.17, 15) is 8.42 Å². The van der Waals surface area contributed by atoms with Crippen LogP contribution in [0.1, 0.15) is 11.5 Å². The number of sulfonamides is 1. The van der Waals surface area contributed by atoms with Gasteiger partial charge in [0, 0.05) is 12.5 Å². The second kappa shape index (κ2) is 4.57. The van der Waals surface area contributed by atoms with E-state index in [0.29, 0.717) is 0 Å². The smallest absolute Gasteiger partial charge is 0.211 e. The van der Waals surface area contributed by atoms with Crippen molar-refractivity contribution in [3.63, 3.8) is 0 Å². The van der Waals surface area contributed by atoms with E-state index in [4.69, 9.17) is 4.42 Å². The lowest BCUT2D eigenvalue weighted by molar-refractivity contribution is 0.524. The molecular weight excluding hydrogens is 228 g/mol. The summed E-state index contributed by atoms with van der Waals surface area (Å²) in [7, 11) is -1.70.